The second-order valence-electron chi connectivity index (χ2n) is 5.65. The zero-order valence-corrected chi connectivity index (χ0v) is 11.3. The topological polar surface area (TPSA) is 41.7 Å². The molecule has 1 aliphatic carbocycles. The van der Waals surface area contributed by atoms with E-state index in [4.69, 9.17) is 10.5 Å². The minimum atomic E-state index is 0.219. The van der Waals surface area contributed by atoms with Crippen LogP contribution in [0.1, 0.15) is 25.7 Å². The Labute approximate surface area is 105 Å². The molecule has 4 nitrogen and oxygen atoms in total. The Morgan fingerprint density at radius 2 is 2.24 bits per heavy atom. The standard InChI is InChI=1S/C13H27N3O/c1-15(7-3-9-17-2)13(10-14)6-8-16(11-13)12-4-5-12/h12H,3-11,14H2,1-2H3. The van der Waals surface area contributed by atoms with E-state index in [9.17, 15) is 0 Å². The monoisotopic (exact) mass is 241 g/mol. The van der Waals surface area contributed by atoms with Gasteiger partial charge in [-0.25, -0.2) is 0 Å². The lowest BCUT2D eigenvalue weighted by Gasteiger charge is -2.38. The van der Waals surface area contributed by atoms with Gasteiger partial charge in [-0.15, -0.1) is 0 Å². The van der Waals surface area contributed by atoms with E-state index in [1.54, 1.807) is 7.11 Å². The first-order valence-electron chi connectivity index (χ1n) is 6.86. The van der Waals surface area contributed by atoms with Gasteiger partial charge in [-0.05, 0) is 32.7 Å². The Kier molecular flexibility index (Phi) is 4.42. The second-order valence-corrected chi connectivity index (χ2v) is 5.65. The predicted molar refractivity (Wildman–Crippen MR) is 70.1 cm³/mol. The predicted octanol–water partition coefficient (Wildman–Crippen LogP) is 0.520. The summed E-state index contributed by atoms with van der Waals surface area (Å²) in [5.41, 5.74) is 6.28. The first-order valence-corrected chi connectivity index (χ1v) is 6.86. The van der Waals surface area contributed by atoms with Gasteiger partial charge in [-0.1, -0.05) is 0 Å². The maximum atomic E-state index is 6.06. The zero-order valence-electron chi connectivity index (χ0n) is 11.3. The van der Waals surface area contributed by atoms with Crippen LogP contribution in [0, 0.1) is 0 Å². The number of nitrogens with zero attached hydrogens (tertiary/aromatic N) is 2. The fourth-order valence-electron chi connectivity index (χ4n) is 2.96. The van der Waals surface area contributed by atoms with Crippen molar-refractivity contribution in [1.82, 2.24) is 9.80 Å². The minimum absolute atomic E-state index is 0.219. The van der Waals surface area contributed by atoms with Crippen LogP contribution in [0.4, 0.5) is 0 Å². The molecule has 1 saturated carbocycles. The normalized spacial score (nSPS) is 30.4. The fraction of sp³-hybridized carbons (Fsp3) is 1.00. The van der Waals surface area contributed by atoms with E-state index in [2.05, 4.69) is 16.8 Å². The van der Waals surface area contributed by atoms with Crippen molar-refractivity contribution in [3.05, 3.63) is 0 Å². The summed E-state index contributed by atoms with van der Waals surface area (Å²) in [6.07, 6.45) is 5.11. The Bertz CT molecular complexity index is 245. The molecule has 0 aromatic carbocycles. The van der Waals surface area contributed by atoms with Gasteiger partial charge in [0.05, 0.1) is 0 Å². The van der Waals surface area contributed by atoms with E-state index in [1.807, 2.05) is 0 Å². The van der Waals surface area contributed by atoms with Crippen molar-refractivity contribution in [1.29, 1.82) is 0 Å². The summed E-state index contributed by atoms with van der Waals surface area (Å²) in [6, 6.07) is 0.871. The lowest BCUT2D eigenvalue weighted by molar-refractivity contribution is 0.109. The second kappa shape index (κ2) is 5.65. The van der Waals surface area contributed by atoms with E-state index >= 15 is 0 Å². The van der Waals surface area contributed by atoms with Crippen LogP contribution in [0.5, 0.6) is 0 Å². The van der Waals surface area contributed by atoms with Crippen LogP contribution in [0.3, 0.4) is 0 Å². The summed E-state index contributed by atoms with van der Waals surface area (Å²) in [5, 5.41) is 0. The summed E-state index contributed by atoms with van der Waals surface area (Å²) < 4.78 is 5.12. The van der Waals surface area contributed by atoms with Gasteiger partial charge in [0.25, 0.3) is 0 Å². The number of methoxy groups -OCH3 is 1. The molecule has 1 aliphatic heterocycles. The molecule has 1 atom stereocenters. The van der Waals surface area contributed by atoms with Gasteiger partial charge < -0.3 is 10.5 Å². The summed E-state index contributed by atoms with van der Waals surface area (Å²) in [7, 11) is 3.99. The molecule has 2 rings (SSSR count). The Morgan fingerprint density at radius 3 is 2.82 bits per heavy atom. The summed E-state index contributed by atoms with van der Waals surface area (Å²) >= 11 is 0. The van der Waals surface area contributed by atoms with E-state index in [0.717, 1.165) is 38.7 Å². The van der Waals surface area contributed by atoms with Crippen LogP contribution in [-0.4, -0.2) is 68.3 Å². The van der Waals surface area contributed by atoms with E-state index in [0.29, 0.717) is 0 Å². The summed E-state index contributed by atoms with van der Waals surface area (Å²) in [6.45, 7) is 5.11. The molecule has 0 radical (unpaired) electrons. The Morgan fingerprint density at radius 1 is 1.47 bits per heavy atom. The molecule has 2 N–H and O–H groups in total. The molecule has 2 aliphatic rings. The van der Waals surface area contributed by atoms with Gasteiger partial charge in [0.15, 0.2) is 0 Å². The number of likely N-dealkylation sites (tertiary alicyclic amines) is 1. The third-order valence-corrected chi connectivity index (χ3v) is 4.46. The van der Waals surface area contributed by atoms with Crippen LogP contribution < -0.4 is 5.73 Å². The molecule has 0 aromatic heterocycles. The van der Waals surface area contributed by atoms with Crippen LogP contribution in [0.2, 0.25) is 0 Å². The van der Waals surface area contributed by atoms with E-state index < -0.39 is 0 Å². The quantitative estimate of drug-likeness (QED) is 0.660. The average molecular weight is 241 g/mol. The zero-order chi connectivity index (χ0) is 12.3. The first kappa shape index (κ1) is 13.3. The third kappa shape index (κ3) is 2.99. The van der Waals surface area contributed by atoms with E-state index in [1.165, 1.54) is 25.8 Å². The molecular formula is C13H27N3O. The highest BCUT2D eigenvalue weighted by Crippen LogP contribution is 2.35. The molecule has 4 heteroatoms. The van der Waals surface area contributed by atoms with Gasteiger partial charge in [-0.3, -0.25) is 9.80 Å². The molecule has 1 unspecified atom stereocenters. The van der Waals surface area contributed by atoms with Crippen molar-refractivity contribution >= 4 is 0 Å². The molecule has 0 aromatic rings. The van der Waals surface area contributed by atoms with Crippen LogP contribution in [0.25, 0.3) is 0 Å². The van der Waals surface area contributed by atoms with Gasteiger partial charge in [0, 0.05) is 51.5 Å². The number of nitrogens with two attached hydrogens (primary N) is 1. The molecule has 17 heavy (non-hydrogen) atoms. The van der Waals surface area contributed by atoms with Crippen LogP contribution >= 0.6 is 0 Å². The highest BCUT2D eigenvalue weighted by molar-refractivity contribution is 5.02. The van der Waals surface area contributed by atoms with Crippen LogP contribution in [-0.2, 0) is 4.74 Å². The van der Waals surface area contributed by atoms with Gasteiger partial charge in [0.1, 0.15) is 0 Å². The van der Waals surface area contributed by atoms with Crippen molar-refractivity contribution in [2.45, 2.75) is 37.3 Å². The lowest BCUT2D eigenvalue weighted by atomic mass is 9.96. The number of likely N-dealkylation sites (N-methyl/N-ethyl adjacent to an activating group) is 1. The van der Waals surface area contributed by atoms with Crippen molar-refractivity contribution in [3.8, 4) is 0 Å². The molecule has 0 spiro atoms. The molecule has 2 fully saturated rings. The van der Waals surface area contributed by atoms with Crippen molar-refractivity contribution in [2.24, 2.45) is 5.73 Å². The number of hydrogen-bond donors (Lipinski definition) is 1. The third-order valence-electron chi connectivity index (χ3n) is 4.46. The highest BCUT2D eigenvalue weighted by Gasteiger charge is 2.44. The maximum absolute atomic E-state index is 6.06. The summed E-state index contributed by atoms with van der Waals surface area (Å²) in [5.74, 6) is 0. The fourth-order valence-corrected chi connectivity index (χ4v) is 2.96. The van der Waals surface area contributed by atoms with Crippen LogP contribution in [0.15, 0.2) is 0 Å². The van der Waals surface area contributed by atoms with Crippen molar-refractivity contribution in [3.63, 3.8) is 0 Å². The number of hydrogen-bond acceptors (Lipinski definition) is 4. The van der Waals surface area contributed by atoms with Gasteiger partial charge in [0.2, 0.25) is 0 Å². The largest absolute Gasteiger partial charge is 0.385 e. The molecule has 0 amide bonds. The molecular weight excluding hydrogens is 214 g/mol. The summed E-state index contributed by atoms with van der Waals surface area (Å²) in [4.78, 5) is 5.11. The first-order chi connectivity index (χ1) is 8.22. The SMILES string of the molecule is COCCCN(C)C1(CN)CCN(C2CC2)C1. The molecule has 0 bridgehead atoms. The van der Waals surface area contributed by atoms with Gasteiger partial charge in [-0.2, -0.15) is 0 Å². The maximum Gasteiger partial charge on any atom is 0.0474 e. The number of ether oxygens (including phenoxy) is 1. The lowest BCUT2D eigenvalue weighted by Crippen LogP contribution is -2.54. The minimum Gasteiger partial charge on any atom is -0.385 e. The average Bonchev–Trinajstić information content (AvgIpc) is 3.09. The van der Waals surface area contributed by atoms with Crippen molar-refractivity contribution < 1.29 is 4.74 Å². The Hall–Kier alpha value is -0.160. The molecule has 100 valence electrons. The Balaban J connectivity index is 1.85. The molecule has 1 heterocycles. The highest BCUT2D eigenvalue weighted by atomic mass is 16.5. The van der Waals surface area contributed by atoms with Gasteiger partial charge >= 0.3 is 0 Å². The van der Waals surface area contributed by atoms with Crippen molar-refractivity contribution in [2.75, 3.05) is 46.9 Å². The van der Waals surface area contributed by atoms with E-state index in [-0.39, 0.29) is 5.54 Å². The smallest absolute Gasteiger partial charge is 0.0474 e. The number of rotatable bonds is 7. The molecule has 1 saturated heterocycles.